The number of nitrogens with zero attached hydrogens (tertiary/aromatic N) is 2. The molecule has 0 aromatic heterocycles. The van der Waals surface area contributed by atoms with Crippen LogP contribution in [0.4, 0.5) is 5.69 Å². The molecular weight excluding hydrogens is 456 g/mol. The zero-order valence-electron chi connectivity index (χ0n) is 19.3. The number of carbonyl (C=O) groups excluding carboxylic acids is 3. The first-order chi connectivity index (χ1) is 16.0. The standard InChI is InChI=1S/C25H26N2O6S/c1-14-10-11-17(15(2)12-14)33-19(29)13-18(28)26(16-8-6-5-7-9-16)20-22(30)27-21(24(31)32)25(3,4)34-23(20)27/h5-12,20-21,23H,13H2,1-4H3,(H,31,32)/t20?,21?,23-/m1/s1. The molecule has 2 aromatic rings. The van der Waals surface area contributed by atoms with Crippen LogP contribution in [0, 0.1) is 13.8 Å². The summed E-state index contributed by atoms with van der Waals surface area (Å²) in [4.78, 5) is 53.6. The van der Waals surface area contributed by atoms with Gasteiger partial charge in [-0.1, -0.05) is 35.9 Å². The van der Waals surface area contributed by atoms with Crippen molar-refractivity contribution in [3.05, 3.63) is 59.7 Å². The number of carboxylic acid groups (broad SMARTS) is 1. The lowest BCUT2D eigenvalue weighted by Gasteiger charge is -2.48. The summed E-state index contributed by atoms with van der Waals surface area (Å²) in [5, 5.41) is 9.16. The van der Waals surface area contributed by atoms with Gasteiger partial charge in [0, 0.05) is 10.4 Å². The molecule has 2 fully saturated rings. The van der Waals surface area contributed by atoms with Crippen LogP contribution in [0.5, 0.6) is 5.75 Å². The van der Waals surface area contributed by atoms with Crippen molar-refractivity contribution in [2.24, 2.45) is 0 Å². The second-order valence-corrected chi connectivity index (χ2v) is 10.8. The third kappa shape index (κ3) is 4.16. The van der Waals surface area contributed by atoms with E-state index in [1.165, 1.54) is 21.6 Å². The van der Waals surface area contributed by atoms with Crippen LogP contribution in [-0.2, 0) is 19.2 Å². The molecule has 2 amide bonds. The number of para-hydroxylation sites is 1. The molecule has 0 radical (unpaired) electrons. The highest BCUT2D eigenvalue weighted by Gasteiger charge is 2.66. The van der Waals surface area contributed by atoms with E-state index in [0.29, 0.717) is 11.4 Å². The van der Waals surface area contributed by atoms with Gasteiger partial charge in [-0.15, -0.1) is 11.8 Å². The number of hydrogen-bond donors (Lipinski definition) is 1. The van der Waals surface area contributed by atoms with Gasteiger partial charge in [-0.05, 0) is 51.5 Å². The van der Waals surface area contributed by atoms with Crippen molar-refractivity contribution >= 4 is 41.2 Å². The minimum atomic E-state index is -1.08. The van der Waals surface area contributed by atoms with Crippen molar-refractivity contribution in [2.75, 3.05) is 4.90 Å². The van der Waals surface area contributed by atoms with Crippen LogP contribution in [0.15, 0.2) is 48.5 Å². The Balaban J connectivity index is 1.58. The molecule has 34 heavy (non-hydrogen) atoms. The molecule has 8 nitrogen and oxygen atoms in total. The monoisotopic (exact) mass is 482 g/mol. The third-order valence-electron chi connectivity index (χ3n) is 6.08. The van der Waals surface area contributed by atoms with Crippen LogP contribution in [-0.4, -0.2) is 56.0 Å². The number of β-lactam (4-membered cyclic amide) rings is 1. The molecule has 2 aliphatic heterocycles. The Labute approximate surface area is 201 Å². The van der Waals surface area contributed by atoms with Gasteiger partial charge >= 0.3 is 11.9 Å². The number of rotatable bonds is 6. The first-order valence-electron chi connectivity index (χ1n) is 10.9. The van der Waals surface area contributed by atoms with Gasteiger partial charge in [-0.2, -0.15) is 0 Å². The van der Waals surface area contributed by atoms with Gasteiger partial charge in [0.2, 0.25) is 5.91 Å². The van der Waals surface area contributed by atoms with Crippen LogP contribution < -0.4 is 9.64 Å². The zero-order valence-corrected chi connectivity index (χ0v) is 20.2. The van der Waals surface area contributed by atoms with Crippen molar-refractivity contribution in [1.29, 1.82) is 0 Å². The number of fused-ring (bicyclic) bond motifs is 1. The van der Waals surface area contributed by atoms with Crippen molar-refractivity contribution in [2.45, 2.75) is 56.3 Å². The molecule has 4 rings (SSSR count). The predicted octanol–water partition coefficient (Wildman–Crippen LogP) is 3.15. The molecule has 2 heterocycles. The highest BCUT2D eigenvalue weighted by atomic mass is 32.2. The van der Waals surface area contributed by atoms with E-state index in [-0.39, 0.29) is 0 Å². The van der Waals surface area contributed by atoms with Gasteiger partial charge in [-0.3, -0.25) is 19.3 Å². The molecule has 2 unspecified atom stereocenters. The van der Waals surface area contributed by atoms with Crippen molar-refractivity contribution in [3.63, 3.8) is 0 Å². The smallest absolute Gasteiger partial charge is 0.327 e. The lowest BCUT2D eigenvalue weighted by atomic mass is 9.94. The molecular formula is C25H26N2O6S. The molecule has 0 bridgehead atoms. The first-order valence-corrected chi connectivity index (χ1v) is 11.8. The molecule has 3 atom stereocenters. The van der Waals surface area contributed by atoms with E-state index in [1.807, 2.05) is 26.0 Å². The zero-order chi connectivity index (χ0) is 24.8. The fourth-order valence-electron chi connectivity index (χ4n) is 4.56. The molecule has 0 saturated carbocycles. The fraction of sp³-hybridized carbons (Fsp3) is 0.360. The van der Waals surface area contributed by atoms with Gasteiger partial charge in [0.15, 0.2) is 0 Å². The second-order valence-electron chi connectivity index (χ2n) is 9.06. The summed E-state index contributed by atoms with van der Waals surface area (Å²) in [6, 6.07) is 12.1. The maximum atomic E-state index is 13.4. The molecule has 1 N–H and O–H groups in total. The summed E-state index contributed by atoms with van der Waals surface area (Å²) >= 11 is 1.35. The summed E-state index contributed by atoms with van der Waals surface area (Å²) in [5.74, 6) is -2.48. The van der Waals surface area contributed by atoms with Crippen LogP contribution in [0.1, 0.15) is 31.4 Å². The Hall–Kier alpha value is -3.33. The number of aliphatic carboxylic acids is 1. The highest BCUT2D eigenvalue weighted by molar-refractivity contribution is 8.01. The third-order valence-corrected chi connectivity index (χ3v) is 7.64. The summed E-state index contributed by atoms with van der Waals surface area (Å²) in [6.07, 6.45) is -0.560. The number of carboxylic acids is 1. The van der Waals surface area contributed by atoms with Crippen LogP contribution in [0.3, 0.4) is 0 Å². The van der Waals surface area contributed by atoms with Gasteiger partial charge in [0.25, 0.3) is 5.91 Å². The largest absolute Gasteiger partial charge is 0.480 e. The number of esters is 1. The quantitative estimate of drug-likeness (QED) is 0.292. The van der Waals surface area contributed by atoms with Gasteiger partial charge in [0.1, 0.15) is 29.6 Å². The minimum Gasteiger partial charge on any atom is -0.480 e. The SMILES string of the molecule is Cc1ccc(OC(=O)CC(=O)N(c2ccccc2)C2C(=O)N3C(C(=O)O)C(C)(C)S[C@H]23)c(C)c1. The minimum absolute atomic E-state index is 0.373. The van der Waals surface area contributed by atoms with E-state index in [1.54, 1.807) is 50.2 Å². The molecule has 178 valence electrons. The average Bonchev–Trinajstić information content (AvgIpc) is 3.02. The number of hydrogen-bond acceptors (Lipinski definition) is 6. The summed E-state index contributed by atoms with van der Waals surface area (Å²) in [6.45, 7) is 7.29. The number of ether oxygens (including phenoxy) is 1. The van der Waals surface area contributed by atoms with E-state index in [4.69, 9.17) is 4.74 Å². The Bertz CT molecular complexity index is 1170. The Morgan fingerprint density at radius 2 is 1.79 bits per heavy atom. The van der Waals surface area contributed by atoms with Crippen LogP contribution >= 0.6 is 11.8 Å². The van der Waals surface area contributed by atoms with Crippen molar-refractivity contribution in [1.82, 2.24) is 4.90 Å². The van der Waals surface area contributed by atoms with Crippen LogP contribution in [0.25, 0.3) is 0 Å². The van der Waals surface area contributed by atoms with E-state index in [2.05, 4.69) is 0 Å². The predicted molar refractivity (Wildman–Crippen MR) is 128 cm³/mol. The number of carbonyl (C=O) groups is 4. The summed E-state index contributed by atoms with van der Waals surface area (Å²) < 4.78 is 4.69. The van der Waals surface area contributed by atoms with Gasteiger partial charge in [0.05, 0.1) is 0 Å². The number of benzene rings is 2. The molecule has 9 heteroatoms. The summed E-state index contributed by atoms with van der Waals surface area (Å²) in [7, 11) is 0. The maximum Gasteiger partial charge on any atom is 0.327 e. The van der Waals surface area contributed by atoms with Crippen LogP contribution in [0.2, 0.25) is 0 Å². The van der Waals surface area contributed by atoms with E-state index >= 15 is 0 Å². The molecule has 2 saturated heterocycles. The lowest BCUT2D eigenvalue weighted by molar-refractivity contribution is -0.159. The average molecular weight is 483 g/mol. The van der Waals surface area contributed by atoms with Gasteiger partial charge < -0.3 is 14.7 Å². The van der Waals surface area contributed by atoms with E-state index in [0.717, 1.165) is 11.1 Å². The molecule has 2 aliphatic rings. The molecule has 0 spiro atoms. The highest BCUT2D eigenvalue weighted by Crippen LogP contribution is 2.52. The molecule has 0 aliphatic carbocycles. The number of aryl methyl sites for hydroxylation is 2. The second kappa shape index (κ2) is 8.79. The Morgan fingerprint density at radius 1 is 1.12 bits per heavy atom. The molecule has 2 aromatic carbocycles. The Morgan fingerprint density at radius 3 is 2.41 bits per heavy atom. The first kappa shape index (κ1) is 23.8. The normalized spacial score (nSPS) is 22.5. The van der Waals surface area contributed by atoms with E-state index < -0.39 is 52.4 Å². The number of amides is 2. The number of thioether (sulfide) groups is 1. The fourth-order valence-corrected chi connectivity index (χ4v) is 6.23. The van der Waals surface area contributed by atoms with Crippen molar-refractivity contribution in [3.8, 4) is 5.75 Å². The number of anilines is 1. The van der Waals surface area contributed by atoms with Crippen molar-refractivity contribution < 1.29 is 29.0 Å². The topological polar surface area (TPSA) is 104 Å². The lowest BCUT2D eigenvalue weighted by Crippen LogP contribution is -2.71. The van der Waals surface area contributed by atoms with Gasteiger partial charge in [-0.25, -0.2) is 4.79 Å². The Kier molecular flexibility index (Phi) is 6.16. The summed E-state index contributed by atoms with van der Waals surface area (Å²) in [5.41, 5.74) is 2.25. The van der Waals surface area contributed by atoms with E-state index in [9.17, 15) is 24.3 Å². The maximum absolute atomic E-state index is 13.4.